The van der Waals surface area contributed by atoms with Crippen LogP contribution in [-0.2, 0) is 10.8 Å². The van der Waals surface area contributed by atoms with Gasteiger partial charge in [0.15, 0.2) is 0 Å². The fourth-order valence-electron chi connectivity index (χ4n) is 12.5. The fourth-order valence-corrected chi connectivity index (χ4v) is 13.6. The highest BCUT2D eigenvalue weighted by molar-refractivity contribution is 7.25. The molecule has 1 aliphatic carbocycles. The Kier molecular flexibility index (Phi) is 7.78. The fraction of sp³-hybridized carbons (Fsp3) is 0.161. The van der Waals surface area contributed by atoms with Crippen molar-refractivity contribution in [2.24, 2.45) is 0 Å². The average Bonchev–Trinajstić information content (AvgIpc) is 3.88. The van der Waals surface area contributed by atoms with E-state index in [0.717, 1.165) is 0 Å². The van der Waals surface area contributed by atoms with Crippen LogP contribution in [0.5, 0.6) is 0 Å². The Labute approximate surface area is 390 Å². The molecule has 0 unspecified atom stereocenters. The van der Waals surface area contributed by atoms with Crippen LogP contribution in [0, 0.1) is 13.8 Å². The third-order valence-corrected chi connectivity index (χ3v) is 17.0. The number of hydrogen-bond donors (Lipinski definition) is 0. The van der Waals surface area contributed by atoms with Crippen LogP contribution in [0.4, 0.5) is 11.4 Å². The Balaban J connectivity index is 1.19. The third kappa shape index (κ3) is 5.19. The summed E-state index contributed by atoms with van der Waals surface area (Å²) in [5.41, 5.74) is 22.5. The molecular formula is C62H49BN2S. The zero-order valence-electron chi connectivity index (χ0n) is 38.4. The van der Waals surface area contributed by atoms with E-state index in [2.05, 4.69) is 215 Å². The van der Waals surface area contributed by atoms with Crippen LogP contribution < -0.4 is 15.7 Å². The summed E-state index contributed by atoms with van der Waals surface area (Å²) in [6.45, 7) is 14.2. The summed E-state index contributed by atoms with van der Waals surface area (Å²) in [6, 6.07) is 63.2. The third-order valence-electron chi connectivity index (χ3n) is 15.9. The molecule has 4 heteroatoms. The highest BCUT2D eigenvalue weighted by Crippen LogP contribution is 2.54. The maximum absolute atomic E-state index is 2.70. The summed E-state index contributed by atoms with van der Waals surface area (Å²) in [5.74, 6) is 0. The SMILES string of the molecule is Cc1ccc(N2B3c4cc(C)ccc4-n4c5c3c(cc(-c3ccccc3-c3ccccc3)c5c3ccc5ccccc5c34)-c3cc4c(cc32)sc2cc3c(cc24)C(C)(C)CCC3(C)C)cc1. The van der Waals surface area contributed by atoms with E-state index >= 15 is 0 Å². The van der Waals surface area contributed by atoms with Crippen LogP contribution in [0.15, 0.2) is 164 Å². The molecule has 0 fully saturated rings. The molecule has 14 rings (SSSR count). The average molecular weight is 865 g/mol. The van der Waals surface area contributed by atoms with Crippen LogP contribution in [0.1, 0.15) is 62.8 Å². The maximum atomic E-state index is 2.70. The maximum Gasteiger partial charge on any atom is 0.333 e. The summed E-state index contributed by atoms with van der Waals surface area (Å²) in [4.78, 5) is 2.70. The molecule has 0 bridgehead atoms. The number of aryl methyl sites for hydroxylation is 2. The molecule has 316 valence electrons. The van der Waals surface area contributed by atoms with E-state index in [9.17, 15) is 0 Å². The first-order chi connectivity index (χ1) is 32.0. The van der Waals surface area contributed by atoms with Crippen LogP contribution in [0.3, 0.4) is 0 Å². The van der Waals surface area contributed by atoms with Crippen LogP contribution in [-0.4, -0.2) is 11.4 Å². The van der Waals surface area contributed by atoms with Gasteiger partial charge in [-0.15, -0.1) is 11.3 Å². The summed E-state index contributed by atoms with van der Waals surface area (Å²) in [6.07, 6.45) is 2.41. The van der Waals surface area contributed by atoms with E-state index in [0.29, 0.717) is 0 Å². The molecule has 0 radical (unpaired) electrons. The molecule has 11 aromatic rings. The second-order valence-electron chi connectivity index (χ2n) is 20.8. The lowest BCUT2D eigenvalue weighted by molar-refractivity contribution is 0.332. The first kappa shape index (κ1) is 38.4. The van der Waals surface area contributed by atoms with Crippen molar-refractivity contribution in [2.75, 3.05) is 4.81 Å². The van der Waals surface area contributed by atoms with Gasteiger partial charge in [0, 0.05) is 59.0 Å². The van der Waals surface area contributed by atoms with E-state index in [-0.39, 0.29) is 17.7 Å². The van der Waals surface area contributed by atoms with Gasteiger partial charge in [0.2, 0.25) is 0 Å². The molecule has 0 atom stereocenters. The minimum absolute atomic E-state index is 0.0603. The molecule has 0 spiro atoms. The standard InChI is InChI=1S/C62H49BN2S/c1-36-20-24-40(25-21-36)65-54-35-56-46(47-33-50-51(34-55(47)66-56)62(5,6)29-28-61(50,3)4)31-45(54)49-32-48(43-19-13-12-17-41(43)38-14-8-7-9-15-38)57-44-26-23-39-16-10-11-18-42(39)59(44)64-53-27-22-37(2)30-52(53)63(65)58(49)60(57)64/h7-27,30-35H,28-29H2,1-6H3. The van der Waals surface area contributed by atoms with Gasteiger partial charge >= 0.3 is 6.85 Å². The molecule has 0 saturated heterocycles. The second kappa shape index (κ2) is 13.4. The van der Waals surface area contributed by atoms with Crippen LogP contribution in [0.25, 0.3) is 91.8 Å². The second-order valence-corrected chi connectivity index (χ2v) is 21.9. The zero-order valence-corrected chi connectivity index (χ0v) is 39.2. The van der Waals surface area contributed by atoms with E-state index in [1.165, 1.54) is 149 Å². The Bertz CT molecular complexity index is 3900. The highest BCUT2D eigenvalue weighted by atomic mass is 32.1. The summed E-state index contributed by atoms with van der Waals surface area (Å²) in [5, 5.41) is 7.89. The molecular weight excluding hydrogens is 816 g/mol. The van der Waals surface area contributed by atoms with E-state index < -0.39 is 0 Å². The van der Waals surface area contributed by atoms with Gasteiger partial charge in [-0.05, 0) is 141 Å². The molecule has 66 heavy (non-hydrogen) atoms. The summed E-state index contributed by atoms with van der Waals surface area (Å²) in [7, 11) is 0. The molecule has 9 aromatic carbocycles. The number of hydrogen-bond acceptors (Lipinski definition) is 2. The van der Waals surface area contributed by atoms with Crippen LogP contribution in [0.2, 0.25) is 0 Å². The Morgan fingerprint density at radius 3 is 1.97 bits per heavy atom. The van der Waals surface area contributed by atoms with Gasteiger partial charge in [0.05, 0.1) is 11.0 Å². The number of nitrogens with zero attached hydrogens (tertiary/aromatic N) is 2. The van der Waals surface area contributed by atoms with Gasteiger partial charge in [-0.3, -0.25) is 0 Å². The zero-order chi connectivity index (χ0) is 44.4. The summed E-state index contributed by atoms with van der Waals surface area (Å²) >= 11 is 1.97. The summed E-state index contributed by atoms with van der Waals surface area (Å²) < 4.78 is 5.40. The number of rotatable bonds is 3. The molecule has 2 nitrogen and oxygen atoms in total. The van der Waals surface area contributed by atoms with Crippen molar-refractivity contribution in [3.05, 3.63) is 186 Å². The van der Waals surface area contributed by atoms with E-state index in [1.807, 2.05) is 11.3 Å². The molecule has 4 heterocycles. The van der Waals surface area contributed by atoms with Crippen molar-refractivity contribution >= 4 is 93.2 Å². The Hall–Kier alpha value is -6.88. The van der Waals surface area contributed by atoms with Crippen molar-refractivity contribution in [2.45, 2.75) is 65.2 Å². The van der Waals surface area contributed by atoms with Crippen molar-refractivity contribution in [3.8, 4) is 39.1 Å². The predicted octanol–water partition coefficient (Wildman–Crippen LogP) is 15.8. The number of aromatic nitrogens is 1. The van der Waals surface area contributed by atoms with Gasteiger partial charge in [0.25, 0.3) is 0 Å². The highest BCUT2D eigenvalue weighted by Gasteiger charge is 2.45. The molecule has 2 aromatic heterocycles. The van der Waals surface area contributed by atoms with Gasteiger partial charge in [-0.2, -0.15) is 0 Å². The molecule has 0 N–H and O–H groups in total. The van der Waals surface area contributed by atoms with Gasteiger partial charge in [0.1, 0.15) is 0 Å². The molecule has 0 saturated carbocycles. The quantitative estimate of drug-likeness (QED) is 0.161. The Morgan fingerprint density at radius 1 is 0.485 bits per heavy atom. The molecule has 2 aliphatic heterocycles. The first-order valence-corrected chi connectivity index (χ1v) is 24.6. The lowest BCUT2D eigenvalue weighted by Gasteiger charge is -2.42. The van der Waals surface area contributed by atoms with Crippen molar-refractivity contribution in [1.29, 1.82) is 0 Å². The number of benzene rings is 9. The minimum Gasteiger partial charge on any atom is -0.376 e. The number of thiophene rings is 1. The van der Waals surface area contributed by atoms with Gasteiger partial charge in [-0.25, -0.2) is 0 Å². The Morgan fingerprint density at radius 2 is 1.17 bits per heavy atom. The first-order valence-electron chi connectivity index (χ1n) is 23.7. The van der Waals surface area contributed by atoms with E-state index in [4.69, 9.17) is 0 Å². The molecule has 3 aliphatic rings. The monoisotopic (exact) mass is 864 g/mol. The lowest BCUT2D eigenvalue weighted by Crippen LogP contribution is -2.60. The molecule has 0 amide bonds. The van der Waals surface area contributed by atoms with Gasteiger partial charge < -0.3 is 9.38 Å². The van der Waals surface area contributed by atoms with Crippen molar-refractivity contribution < 1.29 is 0 Å². The van der Waals surface area contributed by atoms with Gasteiger partial charge in [-0.1, -0.05) is 154 Å². The van der Waals surface area contributed by atoms with Crippen LogP contribution >= 0.6 is 11.3 Å². The largest absolute Gasteiger partial charge is 0.376 e. The van der Waals surface area contributed by atoms with Crippen molar-refractivity contribution in [3.63, 3.8) is 0 Å². The smallest absolute Gasteiger partial charge is 0.333 e. The lowest BCUT2D eigenvalue weighted by atomic mass is 9.43. The topological polar surface area (TPSA) is 8.17 Å². The minimum atomic E-state index is -0.0603. The number of fused-ring (bicyclic) bond motifs is 14. The van der Waals surface area contributed by atoms with E-state index in [1.54, 1.807) is 0 Å². The predicted molar refractivity (Wildman–Crippen MR) is 286 cm³/mol. The normalized spacial score (nSPS) is 15.5. The van der Waals surface area contributed by atoms with Crippen molar-refractivity contribution in [1.82, 2.24) is 4.57 Å². The number of anilines is 2.